The SMILES string of the molecule is CC(C)(C)C1CCC(C(C)(C)OC(=O)/C=C/C(=O)O)CC1. The lowest BCUT2D eigenvalue weighted by atomic mass is 9.67. The molecule has 0 atom stereocenters. The van der Waals surface area contributed by atoms with Crippen molar-refractivity contribution in [2.24, 2.45) is 17.3 Å². The quantitative estimate of drug-likeness (QED) is 0.633. The van der Waals surface area contributed by atoms with Crippen molar-refractivity contribution in [1.29, 1.82) is 0 Å². The first-order valence-electron chi connectivity index (χ1n) is 7.66. The van der Waals surface area contributed by atoms with Gasteiger partial charge in [0, 0.05) is 12.2 Å². The van der Waals surface area contributed by atoms with E-state index in [1.54, 1.807) is 0 Å². The number of rotatable bonds is 4. The average molecular weight is 296 g/mol. The van der Waals surface area contributed by atoms with Crippen LogP contribution < -0.4 is 0 Å². The molecule has 0 heterocycles. The van der Waals surface area contributed by atoms with E-state index in [9.17, 15) is 9.59 Å². The molecule has 0 amide bonds. The largest absolute Gasteiger partial charge is 0.478 e. The summed E-state index contributed by atoms with van der Waals surface area (Å²) in [6, 6.07) is 0. The highest BCUT2D eigenvalue weighted by Gasteiger charge is 2.38. The summed E-state index contributed by atoms with van der Waals surface area (Å²) in [6.07, 6.45) is 6.19. The van der Waals surface area contributed by atoms with Crippen molar-refractivity contribution in [2.45, 2.75) is 65.9 Å². The molecular weight excluding hydrogens is 268 g/mol. The molecular formula is C17H28O4. The van der Waals surface area contributed by atoms with Gasteiger partial charge in [0.15, 0.2) is 0 Å². The first kappa shape index (κ1) is 17.7. The molecule has 1 aliphatic carbocycles. The van der Waals surface area contributed by atoms with Crippen molar-refractivity contribution < 1.29 is 19.4 Å². The molecule has 0 aromatic carbocycles. The van der Waals surface area contributed by atoms with Crippen LogP contribution in [0, 0.1) is 17.3 Å². The summed E-state index contributed by atoms with van der Waals surface area (Å²) < 4.78 is 5.46. The maximum atomic E-state index is 11.7. The van der Waals surface area contributed by atoms with Crippen molar-refractivity contribution >= 4 is 11.9 Å². The molecule has 0 bridgehead atoms. The van der Waals surface area contributed by atoms with Crippen molar-refractivity contribution in [3.05, 3.63) is 12.2 Å². The van der Waals surface area contributed by atoms with Crippen LogP contribution in [0.1, 0.15) is 60.3 Å². The van der Waals surface area contributed by atoms with Crippen molar-refractivity contribution in [3.8, 4) is 0 Å². The van der Waals surface area contributed by atoms with Gasteiger partial charge in [0.25, 0.3) is 0 Å². The van der Waals surface area contributed by atoms with E-state index in [-0.39, 0.29) is 0 Å². The maximum Gasteiger partial charge on any atom is 0.331 e. The standard InChI is InChI=1S/C17H28O4/c1-16(2,3)12-6-8-13(9-7-12)17(4,5)21-15(20)11-10-14(18)19/h10-13H,6-9H2,1-5H3,(H,18,19)/b11-10+. The van der Waals surface area contributed by atoms with Crippen LogP contribution in [0.5, 0.6) is 0 Å². The minimum Gasteiger partial charge on any atom is -0.478 e. The molecule has 1 N–H and O–H groups in total. The van der Waals surface area contributed by atoms with Gasteiger partial charge in [-0.25, -0.2) is 9.59 Å². The van der Waals surface area contributed by atoms with Gasteiger partial charge < -0.3 is 9.84 Å². The van der Waals surface area contributed by atoms with E-state index in [0.717, 1.165) is 37.8 Å². The van der Waals surface area contributed by atoms with Crippen LogP contribution in [0.2, 0.25) is 0 Å². The van der Waals surface area contributed by atoms with Gasteiger partial charge >= 0.3 is 11.9 Å². The van der Waals surface area contributed by atoms with E-state index in [1.165, 1.54) is 0 Å². The Morgan fingerprint density at radius 3 is 1.86 bits per heavy atom. The Hall–Kier alpha value is -1.32. The normalized spacial score (nSPS) is 24.0. The number of esters is 1. The molecule has 4 heteroatoms. The summed E-state index contributed by atoms with van der Waals surface area (Å²) in [6.45, 7) is 10.7. The van der Waals surface area contributed by atoms with Crippen molar-refractivity contribution in [3.63, 3.8) is 0 Å². The third-order valence-corrected chi connectivity index (χ3v) is 4.66. The Bertz CT molecular complexity index is 407. The number of hydrogen-bond acceptors (Lipinski definition) is 3. The minimum absolute atomic E-state index is 0.329. The third-order valence-electron chi connectivity index (χ3n) is 4.66. The molecule has 1 rings (SSSR count). The number of ether oxygens (including phenoxy) is 1. The van der Waals surface area contributed by atoms with E-state index in [2.05, 4.69) is 20.8 Å². The van der Waals surface area contributed by atoms with Crippen molar-refractivity contribution in [2.75, 3.05) is 0 Å². The van der Waals surface area contributed by atoms with Gasteiger partial charge in [-0.05, 0) is 56.8 Å². The number of carboxylic acid groups (broad SMARTS) is 1. The predicted octanol–water partition coefficient (Wildman–Crippen LogP) is 3.80. The molecule has 0 radical (unpaired) electrons. The molecule has 0 aromatic heterocycles. The number of hydrogen-bond donors (Lipinski definition) is 1. The Balaban J connectivity index is 2.57. The van der Waals surface area contributed by atoms with E-state index in [0.29, 0.717) is 17.3 Å². The molecule has 0 aromatic rings. The second kappa shape index (κ2) is 6.63. The van der Waals surface area contributed by atoms with Gasteiger partial charge in [0.1, 0.15) is 5.60 Å². The average Bonchev–Trinajstić information content (AvgIpc) is 2.35. The fourth-order valence-corrected chi connectivity index (χ4v) is 3.17. The highest BCUT2D eigenvalue weighted by Crippen LogP contribution is 2.43. The summed E-state index contributed by atoms with van der Waals surface area (Å²) in [7, 11) is 0. The zero-order valence-electron chi connectivity index (χ0n) is 13.8. The second-order valence-corrected chi connectivity index (χ2v) is 7.61. The highest BCUT2D eigenvalue weighted by atomic mass is 16.6. The minimum atomic E-state index is -1.14. The van der Waals surface area contributed by atoms with Gasteiger partial charge in [-0.15, -0.1) is 0 Å². The van der Waals surface area contributed by atoms with Gasteiger partial charge in [0.2, 0.25) is 0 Å². The molecule has 21 heavy (non-hydrogen) atoms. The summed E-state index contributed by atoms with van der Waals surface area (Å²) in [4.78, 5) is 22.1. The number of carbonyl (C=O) groups excluding carboxylic acids is 1. The number of carbonyl (C=O) groups is 2. The van der Waals surface area contributed by atoms with E-state index in [1.807, 2.05) is 13.8 Å². The lowest BCUT2D eigenvalue weighted by Gasteiger charge is -2.42. The van der Waals surface area contributed by atoms with Gasteiger partial charge in [-0.2, -0.15) is 0 Å². The molecule has 1 fully saturated rings. The fraction of sp³-hybridized carbons (Fsp3) is 0.765. The Morgan fingerprint density at radius 2 is 1.43 bits per heavy atom. The second-order valence-electron chi connectivity index (χ2n) is 7.61. The van der Waals surface area contributed by atoms with Crippen LogP contribution in [0.4, 0.5) is 0 Å². The lowest BCUT2D eigenvalue weighted by Crippen LogP contribution is -2.40. The van der Waals surface area contributed by atoms with Crippen LogP contribution in [-0.4, -0.2) is 22.6 Å². The number of carboxylic acids is 1. The van der Waals surface area contributed by atoms with Crippen LogP contribution in [0.15, 0.2) is 12.2 Å². The van der Waals surface area contributed by atoms with E-state index >= 15 is 0 Å². The van der Waals surface area contributed by atoms with E-state index in [4.69, 9.17) is 9.84 Å². The van der Waals surface area contributed by atoms with Crippen LogP contribution in [-0.2, 0) is 14.3 Å². The van der Waals surface area contributed by atoms with Crippen LogP contribution >= 0.6 is 0 Å². The third kappa shape index (κ3) is 5.52. The molecule has 1 saturated carbocycles. The molecule has 120 valence electrons. The van der Waals surface area contributed by atoms with Crippen molar-refractivity contribution in [1.82, 2.24) is 0 Å². The molecule has 0 unspecified atom stereocenters. The molecule has 0 spiro atoms. The molecule has 0 aliphatic heterocycles. The van der Waals surface area contributed by atoms with Gasteiger partial charge in [-0.1, -0.05) is 20.8 Å². The lowest BCUT2D eigenvalue weighted by molar-refractivity contribution is -0.157. The van der Waals surface area contributed by atoms with E-state index < -0.39 is 17.5 Å². The smallest absolute Gasteiger partial charge is 0.331 e. The summed E-state index contributed by atoms with van der Waals surface area (Å²) in [5, 5.41) is 8.52. The summed E-state index contributed by atoms with van der Waals surface area (Å²) >= 11 is 0. The summed E-state index contributed by atoms with van der Waals surface area (Å²) in [5.74, 6) is -0.679. The maximum absolute atomic E-state index is 11.7. The van der Waals surface area contributed by atoms with Crippen LogP contribution in [0.3, 0.4) is 0 Å². The highest BCUT2D eigenvalue weighted by molar-refractivity contribution is 5.90. The summed E-state index contributed by atoms with van der Waals surface area (Å²) in [5.41, 5.74) is -0.223. The topological polar surface area (TPSA) is 63.6 Å². The van der Waals surface area contributed by atoms with Gasteiger partial charge in [0.05, 0.1) is 0 Å². The van der Waals surface area contributed by atoms with Crippen LogP contribution in [0.25, 0.3) is 0 Å². The fourth-order valence-electron chi connectivity index (χ4n) is 3.17. The number of aliphatic carboxylic acids is 1. The molecule has 4 nitrogen and oxygen atoms in total. The first-order valence-corrected chi connectivity index (χ1v) is 7.66. The monoisotopic (exact) mass is 296 g/mol. The zero-order chi connectivity index (χ0) is 16.3. The Labute approximate surface area is 127 Å². The first-order chi connectivity index (χ1) is 9.52. The Kier molecular flexibility index (Phi) is 5.60. The Morgan fingerprint density at radius 1 is 0.952 bits per heavy atom. The zero-order valence-corrected chi connectivity index (χ0v) is 13.8. The predicted molar refractivity (Wildman–Crippen MR) is 81.8 cm³/mol. The molecule has 0 saturated heterocycles. The molecule has 1 aliphatic rings. The van der Waals surface area contributed by atoms with Gasteiger partial charge in [-0.3, -0.25) is 0 Å².